The van der Waals surface area contributed by atoms with Crippen LogP contribution in [0.5, 0.6) is 0 Å². The zero-order valence-electron chi connectivity index (χ0n) is 14.8. The highest BCUT2D eigenvalue weighted by Gasteiger charge is 2.11. The van der Waals surface area contributed by atoms with E-state index in [0.29, 0.717) is 10.6 Å². The van der Waals surface area contributed by atoms with Crippen molar-refractivity contribution in [1.82, 2.24) is 14.5 Å². The van der Waals surface area contributed by atoms with E-state index < -0.39 is 17.3 Å². The van der Waals surface area contributed by atoms with Crippen LogP contribution < -0.4 is 10.9 Å². The van der Waals surface area contributed by atoms with E-state index in [0.717, 1.165) is 27.5 Å². The lowest BCUT2D eigenvalue weighted by molar-refractivity contribution is -0.116. The van der Waals surface area contributed by atoms with Crippen LogP contribution in [0.4, 0.5) is 9.52 Å². The third kappa shape index (κ3) is 3.67. The fraction of sp³-hybridized carbons (Fsp3) is 0.100. The number of amides is 1. The second-order valence-corrected chi connectivity index (χ2v) is 7.15. The summed E-state index contributed by atoms with van der Waals surface area (Å²) >= 11 is 1.30. The molecular formula is C20H15FN4O2S. The van der Waals surface area contributed by atoms with E-state index in [2.05, 4.69) is 15.3 Å². The van der Waals surface area contributed by atoms with Gasteiger partial charge in [-0.1, -0.05) is 29.8 Å². The van der Waals surface area contributed by atoms with Gasteiger partial charge in [0, 0.05) is 10.9 Å². The number of halogens is 1. The lowest BCUT2D eigenvalue weighted by Gasteiger charge is -2.06. The summed E-state index contributed by atoms with van der Waals surface area (Å²) in [6.45, 7) is 1.77. The molecule has 28 heavy (non-hydrogen) atoms. The Bertz CT molecular complexity index is 1230. The van der Waals surface area contributed by atoms with Crippen molar-refractivity contribution in [3.63, 3.8) is 0 Å². The van der Waals surface area contributed by atoms with Gasteiger partial charge in [-0.05, 0) is 25.1 Å². The monoisotopic (exact) mass is 394 g/mol. The van der Waals surface area contributed by atoms with Gasteiger partial charge in [-0.2, -0.15) is 0 Å². The quantitative estimate of drug-likeness (QED) is 0.574. The van der Waals surface area contributed by atoms with Gasteiger partial charge in [-0.25, -0.2) is 14.4 Å². The standard InChI is InChI=1S/C20H15FN4O2S/c1-12-2-4-13(5-3-12)17-10-28-20(23-17)24-18(26)9-25-11-22-16-7-6-14(21)8-15(16)19(25)27/h2-8,10-11H,9H2,1H3,(H,23,24,26). The number of anilines is 1. The van der Waals surface area contributed by atoms with Gasteiger partial charge in [-0.15, -0.1) is 11.3 Å². The number of nitrogens with one attached hydrogen (secondary N) is 1. The summed E-state index contributed by atoms with van der Waals surface area (Å²) in [7, 11) is 0. The Kier molecular flexibility index (Phi) is 4.70. The molecule has 4 aromatic rings. The topological polar surface area (TPSA) is 76.9 Å². The largest absolute Gasteiger partial charge is 0.300 e. The maximum Gasteiger partial charge on any atom is 0.261 e. The summed E-state index contributed by atoms with van der Waals surface area (Å²) in [5.74, 6) is -0.940. The first-order valence-electron chi connectivity index (χ1n) is 8.47. The smallest absolute Gasteiger partial charge is 0.261 e. The zero-order valence-corrected chi connectivity index (χ0v) is 15.7. The van der Waals surface area contributed by atoms with Crippen LogP contribution in [0.25, 0.3) is 22.2 Å². The van der Waals surface area contributed by atoms with Crippen molar-refractivity contribution in [1.29, 1.82) is 0 Å². The predicted molar refractivity (Wildman–Crippen MR) is 107 cm³/mol. The van der Waals surface area contributed by atoms with Gasteiger partial charge >= 0.3 is 0 Å². The van der Waals surface area contributed by atoms with E-state index in [9.17, 15) is 14.0 Å². The van der Waals surface area contributed by atoms with Crippen molar-refractivity contribution < 1.29 is 9.18 Å². The van der Waals surface area contributed by atoms with Crippen molar-refractivity contribution in [2.24, 2.45) is 0 Å². The van der Waals surface area contributed by atoms with Crippen molar-refractivity contribution in [3.8, 4) is 11.3 Å². The molecule has 0 radical (unpaired) electrons. The molecule has 2 aromatic heterocycles. The molecule has 0 aliphatic rings. The number of benzene rings is 2. The second-order valence-electron chi connectivity index (χ2n) is 6.29. The molecule has 0 saturated carbocycles. The van der Waals surface area contributed by atoms with Crippen molar-refractivity contribution in [3.05, 3.63) is 75.9 Å². The number of nitrogens with zero attached hydrogens (tertiary/aromatic N) is 3. The third-order valence-electron chi connectivity index (χ3n) is 4.20. The number of carbonyl (C=O) groups is 1. The number of thiazole rings is 1. The number of aryl methyl sites for hydroxylation is 1. The van der Waals surface area contributed by atoms with Gasteiger partial charge in [0.05, 0.1) is 22.9 Å². The summed E-state index contributed by atoms with van der Waals surface area (Å²) in [4.78, 5) is 33.3. The molecule has 1 amide bonds. The molecule has 8 heteroatoms. The van der Waals surface area contributed by atoms with E-state index in [1.807, 2.05) is 36.6 Å². The maximum absolute atomic E-state index is 13.4. The average molecular weight is 394 g/mol. The summed E-state index contributed by atoms with van der Waals surface area (Å²) in [5.41, 5.74) is 2.78. The van der Waals surface area contributed by atoms with Crippen molar-refractivity contribution in [2.75, 3.05) is 5.32 Å². The molecule has 4 rings (SSSR count). The lowest BCUT2D eigenvalue weighted by Crippen LogP contribution is -2.27. The first-order valence-corrected chi connectivity index (χ1v) is 9.35. The van der Waals surface area contributed by atoms with Gasteiger partial charge in [0.25, 0.3) is 5.56 Å². The minimum atomic E-state index is -0.528. The molecule has 0 aliphatic heterocycles. The Morgan fingerprint density at radius 1 is 1.21 bits per heavy atom. The molecule has 0 bridgehead atoms. The molecule has 0 aliphatic carbocycles. The third-order valence-corrected chi connectivity index (χ3v) is 4.96. The number of aromatic nitrogens is 3. The van der Waals surface area contributed by atoms with Crippen LogP contribution in [-0.2, 0) is 11.3 Å². The minimum absolute atomic E-state index is 0.131. The Morgan fingerprint density at radius 2 is 2.00 bits per heavy atom. The fourth-order valence-electron chi connectivity index (χ4n) is 2.75. The highest BCUT2D eigenvalue weighted by molar-refractivity contribution is 7.14. The molecule has 0 atom stereocenters. The van der Waals surface area contributed by atoms with Crippen LogP contribution in [0.3, 0.4) is 0 Å². The molecule has 1 N–H and O–H groups in total. The molecule has 2 aromatic carbocycles. The van der Waals surface area contributed by atoms with Crippen LogP contribution in [0.1, 0.15) is 5.56 Å². The van der Waals surface area contributed by atoms with Crippen LogP contribution in [0.2, 0.25) is 0 Å². The number of hydrogen-bond donors (Lipinski definition) is 1. The molecule has 0 saturated heterocycles. The van der Waals surface area contributed by atoms with E-state index in [4.69, 9.17) is 0 Å². The van der Waals surface area contributed by atoms with Gasteiger partial charge in [-0.3, -0.25) is 14.2 Å². The second kappa shape index (κ2) is 7.32. The Morgan fingerprint density at radius 3 is 2.79 bits per heavy atom. The van der Waals surface area contributed by atoms with Gasteiger partial charge in [0.15, 0.2) is 5.13 Å². The highest BCUT2D eigenvalue weighted by atomic mass is 32.1. The average Bonchev–Trinajstić information content (AvgIpc) is 3.13. The maximum atomic E-state index is 13.4. The van der Waals surface area contributed by atoms with E-state index in [1.165, 1.54) is 29.8 Å². The Hall–Kier alpha value is -3.39. The molecule has 0 unspecified atom stereocenters. The Labute approximate surface area is 163 Å². The summed E-state index contributed by atoms with van der Waals surface area (Å²) in [5, 5.41) is 5.11. The molecule has 2 heterocycles. The molecule has 140 valence electrons. The zero-order chi connectivity index (χ0) is 19.7. The fourth-order valence-corrected chi connectivity index (χ4v) is 3.48. The normalized spacial score (nSPS) is 10.9. The van der Waals surface area contributed by atoms with Crippen LogP contribution >= 0.6 is 11.3 Å². The highest BCUT2D eigenvalue weighted by Crippen LogP contribution is 2.25. The molecule has 0 fully saturated rings. The first-order chi connectivity index (χ1) is 13.5. The number of carbonyl (C=O) groups excluding carboxylic acids is 1. The van der Waals surface area contributed by atoms with Crippen LogP contribution in [0, 0.1) is 12.7 Å². The predicted octanol–water partition coefficient (Wildman–Crippen LogP) is 3.61. The summed E-state index contributed by atoms with van der Waals surface area (Å²) in [6.07, 6.45) is 1.28. The molecular weight excluding hydrogens is 379 g/mol. The number of hydrogen-bond acceptors (Lipinski definition) is 5. The van der Waals surface area contributed by atoms with E-state index in [-0.39, 0.29) is 11.9 Å². The van der Waals surface area contributed by atoms with E-state index >= 15 is 0 Å². The number of rotatable bonds is 4. The first kappa shape index (κ1) is 18.0. The van der Waals surface area contributed by atoms with Gasteiger partial charge in [0.2, 0.25) is 5.91 Å². The van der Waals surface area contributed by atoms with Crippen molar-refractivity contribution in [2.45, 2.75) is 13.5 Å². The van der Waals surface area contributed by atoms with Crippen LogP contribution in [0.15, 0.2) is 59.0 Å². The van der Waals surface area contributed by atoms with Crippen LogP contribution in [-0.4, -0.2) is 20.4 Å². The Balaban J connectivity index is 1.51. The van der Waals surface area contributed by atoms with Gasteiger partial charge in [0.1, 0.15) is 12.4 Å². The summed E-state index contributed by atoms with van der Waals surface area (Å²) in [6, 6.07) is 11.7. The van der Waals surface area contributed by atoms with Crippen molar-refractivity contribution >= 4 is 33.3 Å². The minimum Gasteiger partial charge on any atom is -0.300 e. The van der Waals surface area contributed by atoms with E-state index in [1.54, 1.807) is 0 Å². The molecule has 6 nitrogen and oxygen atoms in total. The SMILES string of the molecule is Cc1ccc(-c2csc(NC(=O)Cn3cnc4ccc(F)cc4c3=O)n2)cc1. The number of fused-ring (bicyclic) bond motifs is 1. The molecule has 0 spiro atoms. The van der Waals surface area contributed by atoms with Gasteiger partial charge < -0.3 is 5.32 Å². The summed E-state index contributed by atoms with van der Waals surface area (Å²) < 4.78 is 14.5. The lowest BCUT2D eigenvalue weighted by atomic mass is 10.1.